The number of hydrogen-bond donors (Lipinski definition) is 3. The van der Waals surface area contributed by atoms with Crippen molar-refractivity contribution in [1.29, 1.82) is 0 Å². The summed E-state index contributed by atoms with van der Waals surface area (Å²) in [6.07, 6.45) is -0.556. The molecule has 4 N–H and O–H groups in total. The number of nitrogens with one attached hydrogen (secondary N) is 1. The molecule has 0 bridgehead atoms. The average molecular weight is 231 g/mol. The van der Waals surface area contributed by atoms with Gasteiger partial charge >= 0.3 is 6.09 Å². The standard InChI is InChI=1S/C10H21N3O3/c1-6(2)5-16-10(14)12-8(7(3)4)9(11)13-15/h6-8,15H,5H2,1-4H3,(H2,11,13)(H,12,14). The van der Waals surface area contributed by atoms with Crippen molar-refractivity contribution >= 4 is 11.9 Å². The van der Waals surface area contributed by atoms with E-state index in [4.69, 9.17) is 15.7 Å². The predicted octanol–water partition coefficient (Wildman–Crippen LogP) is 1.14. The second-order valence-corrected chi connectivity index (χ2v) is 4.38. The van der Waals surface area contributed by atoms with Crippen LogP contribution in [0.3, 0.4) is 0 Å². The van der Waals surface area contributed by atoms with Crippen LogP contribution in [-0.2, 0) is 4.74 Å². The number of carbonyl (C=O) groups excluding carboxylic acids is 1. The Morgan fingerprint density at radius 3 is 2.38 bits per heavy atom. The van der Waals surface area contributed by atoms with E-state index in [1.165, 1.54) is 0 Å². The Balaban J connectivity index is 4.25. The van der Waals surface area contributed by atoms with Crippen LogP contribution in [0.4, 0.5) is 4.79 Å². The van der Waals surface area contributed by atoms with Gasteiger partial charge in [-0.1, -0.05) is 32.9 Å². The second-order valence-electron chi connectivity index (χ2n) is 4.38. The number of alkyl carbamates (subject to hydrolysis) is 1. The maximum atomic E-state index is 11.4. The van der Waals surface area contributed by atoms with Crippen molar-refractivity contribution in [3.63, 3.8) is 0 Å². The van der Waals surface area contributed by atoms with Gasteiger partial charge in [0.2, 0.25) is 0 Å². The molecule has 6 heteroatoms. The highest BCUT2D eigenvalue weighted by Crippen LogP contribution is 2.02. The van der Waals surface area contributed by atoms with Crippen LogP contribution in [0.2, 0.25) is 0 Å². The van der Waals surface area contributed by atoms with Crippen molar-refractivity contribution in [3.05, 3.63) is 0 Å². The van der Waals surface area contributed by atoms with Crippen LogP contribution in [0, 0.1) is 11.8 Å². The van der Waals surface area contributed by atoms with Crippen molar-refractivity contribution in [3.8, 4) is 0 Å². The molecule has 0 saturated heterocycles. The number of ether oxygens (including phenoxy) is 1. The molecular weight excluding hydrogens is 210 g/mol. The Labute approximate surface area is 95.8 Å². The lowest BCUT2D eigenvalue weighted by Gasteiger charge is -2.20. The third kappa shape index (κ3) is 5.43. The Hall–Kier alpha value is -1.46. The largest absolute Gasteiger partial charge is 0.449 e. The molecule has 0 saturated carbocycles. The molecule has 1 atom stereocenters. The molecule has 0 aliphatic heterocycles. The maximum Gasteiger partial charge on any atom is 0.407 e. The molecule has 0 aliphatic carbocycles. The van der Waals surface area contributed by atoms with Gasteiger partial charge in [-0.15, -0.1) is 0 Å². The van der Waals surface area contributed by atoms with Crippen molar-refractivity contribution in [2.45, 2.75) is 33.7 Å². The Morgan fingerprint density at radius 1 is 1.44 bits per heavy atom. The van der Waals surface area contributed by atoms with E-state index in [1.807, 2.05) is 27.7 Å². The van der Waals surface area contributed by atoms with E-state index in [0.717, 1.165) is 0 Å². The van der Waals surface area contributed by atoms with Crippen LogP contribution < -0.4 is 11.1 Å². The number of oxime groups is 1. The number of amidine groups is 1. The summed E-state index contributed by atoms with van der Waals surface area (Å²) >= 11 is 0. The van der Waals surface area contributed by atoms with E-state index in [9.17, 15) is 4.79 Å². The molecule has 0 aromatic rings. The lowest BCUT2D eigenvalue weighted by atomic mass is 10.0. The molecule has 94 valence electrons. The summed E-state index contributed by atoms with van der Waals surface area (Å²) in [6.45, 7) is 7.93. The van der Waals surface area contributed by atoms with Crippen LogP contribution in [0.25, 0.3) is 0 Å². The summed E-state index contributed by atoms with van der Waals surface area (Å²) in [7, 11) is 0. The van der Waals surface area contributed by atoms with Crippen LogP contribution in [0.15, 0.2) is 5.16 Å². The summed E-state index contributed by atoms with van der Waals surface area (Å²) < 4.78 is 4.94. The first kappa shape index (κ1) is 14.5. The first-order valence-corrected chi connectivity index (χ1v) is 5.29. The van der Waals surface area contributed by atoms with Gasteiger partial charge < -0.3 is 21.0 Å². The van der Waals surface area contributed by atoms with Gasteiger partial charge in [0.25, 0.3) is 0 Å². The quantitative estimate of drug-likeness (QED) is 0.286. The third-order valence-electron chi connectivity index (χ3n) is 1.92. The maximum absolute atomic E-state index is 11.4. The number of nitrogens with zero attached hydrogens (tertiary/aromatic N) is 1. The predicted molar refractivity (Wildman–Crippen MR) is 61.4 cm³/mol. The number of amides is 1. The van der Waals surface area contributed by atoms with E-state index < -0.39 is 12.1 Å². The monoisotopic (exact) mass is 231 g/mol. The summed E-state index contributed by atoms with van der Waals surface area (Å²) in [5.41, 5.74) is 5.45. The highest BCUT2D eigenvalue weighted by Gasteiger charge is 2.21. The average Bonchev–Trinajstić information content (AvgIpc) is 2.21. The van der Waals surface area contributed by atoms with Gasteiger partial charge in [-0.3, -0.25) is 0 Å². The number of carbonyl (C=O) groups is 1. The highest BCUT2D eigenvalue weighted by molar-refractivity contribution is 5.88. The van der Waals surface area contributed by atoms with Crippen molar-refractivity contribution in [2.75, 3.05) is 6.61 Å². The van der Waals surface area contributed by atoms with Crippen LogP contribution in [0.1, 0.15) is 27.7 Å². The van der Waals surface area contributed by atoms with Gasteiger partial charge in [-0.2, -0.15) is 0 Å². The third-order valence-corrected chi connectivity index (χ3v) is 1.92. The summed E-state index contributed by atoms with van der Waals surface area (Å²) in [4.78, 5) is 11.4. The Bertz CT molecular complexity index is 252. The van der Waals surface area contributed by atoms with E-state index in [-0.39, 0.29) is 17.7 Å². The molecule has 0 spiro atoms. The molecule has 0 aromatic heterocycles. The van der Waals surface area contributed by atoms with Gasteiger partial charge in [-0.05, 0) is 11.8 Å². The van der Waals surface area contributed by atoms with Crippen LogP contribution in [0.5, 0.6) is 0 Å². The summed E-state index contributed by atoms with van der Waals surface area (Å²) in [6, 6.07) is -0.523. The molecular formula is C10H21N3O3. The number of rotatable bonds is 5. The van der Waals surface area contributed by atoms with Gasteiger partial charge in [0.15, 0.2) is 5.84 Å². The molecule has 0 heterocycles. The minimum atomic E-state index is -0.556. The van der Waals surface area contributed by atoms with Crippen molar-refractivity contribution in [2.24, 2.45) is 22.7 Å². The molecule has 1 unspecified atom stereocenters. The normalized spacial score (nSPS) is 14.0. The SMILES string of the molecule is CC(C)COC(=O)NC(C(N)=NO)C(C)C. The molecule has 0 aromatic carbocycles. The molecule has 0 radical (unpaired) electrons. The van der Waals surface area contributed by atoms with Gasteiger partial charge in [0, 0.05) is 0 Å². The lowest BCUT2D eigenvalue weighted by Crippen LogP contribution is -2.48. The molecule has 0 rings (SSSR count). The van der Waals surface area contributed by atoms with Crippen LogP contribution >= 0.6 is 0 Å². The fourth-order valence-electron chi connectivity index (χ4n) is 1.06. The van der Waals surface area contributed by atoms with Gasteiger partial charge in [0.1, 0.15) is 0 Å². The molecule has 0 aliphatic rings. The first-order valence-electron chi connectivity index (χ1n) is 5.29. The topological polar surface area (TPSA) is 96.9 Å². The fourth-order valence-corrected chi connectivity index (χ4v) is 1.06. The van der Waals surface area contributed by atoms with Crippen molar-refractivity contribution in [1.82, 2.24) is 5.32 Å². The molecule has 6 nitrogen and oxygen atoms in total. The van der Waals surface area contributed by atoms with E-state index in [2.05, 4.69) is 10.5 Å². The molecule has 1 amide bonds. The zero-order valence-corrected chi connectivity index (χ0v) is 10.2. The van der Waals surface area contributed by atoms with Crippen molar-refractivity contribution < 1.29 is 14.7 Å². The van der Waals surface area contributed by atoms with E-state index >= 15 is 0 Å². The Kier molecular flexibility index (Phi) is 6.29. The minimum Gasteiger partial charge on any atom is -0.449 e. The van der Waals surface area contributed by atoms with Gasteiger partial charge in [-0.25, -0.2) is 4.79 Å². The van der Waals surface area contributed by atoms with E-state index in [1.54, 1.807) is 0 Å². The van der Waals surface area contributed by atoms with Gasteiger partial charge in [0.05, 0.1) is 12.6 Å². The molecule has 0 fully saturated rings. The fraction of sp³-hybridized carbons (Fsp3) is 0.800. The molecule has 16 heavy (non-hydrogen) atoms. The second kappa shape index (κ2) is 6.92. The first-order chi connectivity index (χ1) is 7.38. The lowest BCUT2D eigenvalue weighted by molar-refractivity contribution is 0.129. The summed E-state index contributed by atoms with van der Waals surface area (Å²) in [5.74, 6) is 0.256. The minimum absolute atomic E-state index is 0.0162. The zero-order chi connectivity index (χ0) is 12.7. The van der Waals surface area contributed by atoms with Crippen LogP contribution in [-0.4, -0.2) is 29.8 Å². The number of hydrogen-bond acceptors (Lipinski definition) is 4. The summed E-state index contributed by atoms with van der Waals surface area (Å²) in [5, 5.41) is 14.0. The Morgan fingerprint density at radius 2 is 2.00 bits per heavy atom. The smallest absolute Gasteiger partial charge is 0.407 e. The van der Waals surface area contributed by atoms with E-state index in [0.29, 0.717) is 6.61 Å². The number of nitrogens with two attached hydrogens (primary N) is 1. The zero-order valence-electron chi connectivity index (χ0n) is 10.2. The highest BCUT2D eigenvalue weighted by atomic mass is 16.5.